The molecule has 3 aromatic carbocycles. The number of halogens is 1. The van der Waals surface area contributed by atoms with Crippen LogP contribution in [0.15, 0.2) is 82.4 Å². The zero-order valence-electron chi connectivity index (χ0n) is 20.2. The van der Waals surface area contributed by atoms with Crippen LogP contribution in [-0.4, -0.2) is 37.1 Å². The van der Waals surface area contributed by atoms with Gasteiger partial charge in [-0.15, -0.1) is 0 Å². The standard InChI is InChI=1S/C27H27BrN4O5/c1-2-3-15-36-23-13-11-22(12-14-23)31-26(34)27(35)32-29-17-19-5-4-6-24(16-19)37-18-25(33)30-21-9-7-20(28)8-10-21/h4-14,16-17H,2-3,15,18H2,1H3,(H,30,33)(H,31,34)(H,32,35)/b29-17-. The first kappa shape index (κ1) is 27.4. The molecule has 0 aliphatic heterocycles. The Kier molecular flexibility index (Phi) is 10.7. The number of unbranched alkanes of at least 4 members (excludes halogenated alkanes) is 1. The second kappa shape index (κ2) is 14.4. The van der Waals surface area contributed by atoms with Gasteiger partial charge in [0.25, 0.3) is 5.91 Å². The number of nitrogens with zero attached hydrogens (tertiary/aromatic N) is 1. The van der Waals surface area contributed by atoms with Crippen LogP contribution in [-0.2, 0) is 14.4 Å². The lowest BCUT2D eigenvalue weighted by atomic mass is 10.2. The van der Waals surface area contributed by atoms with Gasteiger partial charge in [0, 0.05) is 15.8 Å². The van der Waals surface area contributed by atoms with Crippen molar-refractivity contribution in [3.8, 4) is 11.5 Å². The Bertz CT molecular complexity index is 1230. The number of hydrogen-bond acceptors (Lipinski definition) is 6. The van der Waals surface area contributed by atoms with Gasteiger partial charge in [0.05, 0.1) is 12.8 Å². The van der Waals surface area contributed by atoms with Crippen molar-refractivity contribution in [2.45, 2.75) is 19.8 Å². The van der Waals surface area contributed by atoms with E-state index in [1.54, 1.807) is 60.7 Å². The van der Waals surface area contributed by atoms with Crippen LogP contribution in [0.1, 0.15) is 25.3 Å². The Hall–Kier alpha value is -4.18. The molecule has 0 unspecified atom stereocenters. The number of rotatable bonds is 11. The van der Waals surface area contributed by atoms with Crippen LogP contribution < -0.4 is 25.5 Å². The number of anilines is 2. The lowest BCUT2D eigenvalue weighted by molar-refractivity contribution is -0.136. The van der Waals surface area contributed by atoms with Gasteiger partial charge in [0.1, 0.15) is 11.5 Å². The maximum atomic E-state index is 12.1. The summed E-state index contributed by atoms with van der Waals surface area (Å²) in [6.45, 7) is 2.53. The molecule has 0 heterocycles. The van der Waals surface area contributed by atoms with E-state index in [1.165, 1.54) is 6.21 Å². The van der Waals surface area contributed by atoms with E-state index in [-0.39, 0.29) is 12.5 Å². The number of hydrogen-bond donors (Lipinski definition) is 3. The van der Waals surface area contributed by atoms with Crippen LogP contribution in [0, 0.1) is 0 Å². The van der Waals surface area contributed by atoms with Gasteiger partial charge >= 0.3 is 11.8 Å². The molecule has 0 aromatic heterocycles. The Morgan fingerprint density at radius 3 is 2.30 bits per heavy atom. The molecular formula is C27H27BrN4O5. The molecule has 0 fully saturated rings. The molecule has 0 bridgehead atoms. The van der Waals surface area contributed by atoms with Crippen LogP contribution >= 0.6 is 15.9 Å². The molecule has 192 valence electrons. The predicted octanol–water partition coefficient (Wildman–Crippen LogP) is 4.73. The molecule has 10 heteroatoms. The van der Waals surface area contributed by atoms with Crippen molar-refractivity contribution in [3.63, 3.8) is 0 Å². The van der Waals surface area contributed by atoms with E-state index >= 15 is 0 Å². The maximum absolute atomic E-state index is 12.1. The molecule has 3 N–H and O–H groups in total. The van der Waals surface area contributed by atoms with Crippen LogP contribution in [0.5, 0.6) is 11.5 Å². The molecule has 0 aliphatic rings. The summed E-state index contributed by atoms with van der Waals surface area (Å²) in [7, 11) is 0. The molecule has 3 rings (SSSR count). The van der Waals surface area contributed by atoms with Crippen LogP contribution in [0.2, 0.25) is 0 Å². The number of carbonyl (C=O) groups excluding carboxylic acids is 3. The molecule has 0 aliphatic carbocycles. The summed E-state index contributed by atoms with van der Waals surface area (Å²) in [5, 5.41) is 9.05. The number of hydrazone groups is 1. The van der Waals surface area contributed by atoms with Gasteiger partial charge in [-0.2, -0.15) is 5.10 Å². The van der Waals surface area contributed by atoms with Gasteiger partial charge in [-0.1, -0.05) is 41.4 Å². The highest BCUT2D eigenvalue weighted by atomic mass is 79.9. The molecule has 3 aromatic rings. The molecule has 0 saturated heterocycles. The highest BCUT2D eigenvalue weighted by Gasteiger charge is 2.13. The smallest absolute Gasteiger partial charge is 0.329 e. The van der Waals surface area contributed by atoms with E-state index in [0.29, 0.717) is 35.0 Å². The second-order valence-corrected chi connectivity index (χ2v) is 8.71. The van der Waals surface area contributed by atoms with Gasteiger partial charge in [-0.25, -0.2) is 5.43 Å². The van der Waals surface area contributed by atoms with E-state index < -0.39 is 11.8 Å². The Morgan fingerprint density at radius 1 is 0.865 bits per heavy atom. The summed E-state index contributed by atoms with van der Waals surface area (Å²) >= 11 is 3.34. The highest BCUT2D eigenvalue weighted by molar-refractivity contribution is 9.10. The van der Waals surface area contributed by atoms with Crippen molar-refractivity contribution in [1.29, 1.82) is 0 Å². The number of amides is 3. The van der Waals surface area contributed by atoms with Crippen LogP contribution in [0.4, 0.5) is 11.4 Å². The molecule has 0 atom stereocenters. The Labute approximate surface area is 223 Å². The van der Waals surface area contributed by atoms with Crippen molar-refractivity contribution < 1.29 is 23.9 Å². The van der Waals surface area contributed by atoms with E-state index in [2.05, 4.69) is 44.0 Å². The largest absolute Gasteiger partial charge is 0.494 e. The monoisotopic (exact) mass is 566 g/mol. The van der Waals surface area contributed by atoms with Crippen molar-refractivity contribution >= 4 is 51.2 Å². The zero-order chi connectivity index (χ0) is 26.5. The van der Waals surface area contributed by atoms with Gasteiger partial charge in [0.2, 0.25) is 0 Å². The van der Waals surface area contributed by atoms with E-state index in [0.717, 1.165) is 17.3 Å². The third kappa shape index (κ3) is 9.77. The quantitative estimate of drug-likeness (QED) is 0.134. The first-order valence-corrected chi connectivity index (χ1v) is 12.4. The van der Waals surface area contributed by atoms with Gasteiger partial charge < -0.3 is 20.1 Å². The lowest BCUT2D eigenvalue weighted by Crippen LogP contribution is -2.32. The Morgan fingerprint density at radius 2 is 1.57 bits per heavy atom. The third-order valence-electron chi connectivity index (χ3n) is 4.82. The van der Waals surface area contributed by atoms with Crippen LogP contribution in [0.25, 0.3) is 0 Å². The summed E-state index contributed by atoms with van der Waals surface area (Å²) in [5.41, 5.74) is 3.90. The molecular weight excluding hydrogens is 540 g/mol. The van der Waals surface area contributed by atoms with Crippen molar-refractivity contribution in [1.82, 2.24) is 5.43 Å². The number of nitrogens with one attached hydrogen (secondary N) is 3. The van der Waals surface area contributed by atoms with E-state index in [9.17, 15) is 14.4 Å². The van der Waals surface area contributed by atoms with Crippen molar-refractivity contribution in [2.24, 2.45) is 5.10 Å². The fourth-order valence-electron chi connectivity index (χ4n) is 2.94. The fourth-order valence-corrected chi connectivity index (χ4v) is 3.20. The molecule has 0 spiro atoms. The highest BCUT2D eigenvalue weighted by Crippen LogP contribution is 2.17. The van der Waals surface area contributed by atoms with Crippen molar-refractivity contribution in [2.75, 3.05) is 23.8 Å². The van der Waals surface area contributed by atoms with Gasteiger partial charge in [-0.05, 0) is 72.6 Å². The minimum Gasteiger partial charge on any atom is -0.494 e. The number of benzene rings is 3. The SMILES string of the molecule is CCCCOc1ccc(NC(=O)C(=O)N/N=C\c2cccc(OCC(=O)Nc3ccc(Br)cc3)c2)cc1. The van der Waals surface area contributed by atoms with Crippen molar-refractivity contribution in [3.05, 3.63) is 82.8 Å². The second-order valence-electron chi connectivity index (χ2n) is 7.80. The number of ether oxygens (including phenoxy) is 2. The summed E-state index contributed by atoms with van der Waals surface area (Å²) in [6.07, 6.45) is 3.36. The first-order valence-electron chi connectivity index (χ1n) is 11.6. The van der Waals surface area contributed by atoms with Gasteiger partial charge in [-0.3, -0.25) is 14.4 Å². The maximum Gasteiger partial charge on any atom is 0.329 e. The van der Waals surface area contributed by atoms with Crippen LogP contribution in [0.3, 0.4) is 0 Å². The predicted molar refractivity (Wildman–Crippen MR) is 146 cm³/mol. The average molecular weight is 567 g/mol. The normalized spacial score (nSPS) is 10.5. The summed E-state index contributed by atoms with van der Waals surface area (Å²) in [5.74, 6) is -0.946. The molecule has 9 nitrogen and oxygen atoms in total. The summed E-state index contributed by atoms with van der Waals surface area (Å²) in [6, 6.07) is 20.7. The van der Waals surface area contributed by atoms with E-state index in [1.807, 2.05) is 12.1 Å². The molecule has 37 heavy (non-hydrogen) atoms. The van der Waals surface area contributed by atoms with E-state index in [4.69, 9.17) is 9.47 Å². The third-order valence-corrected chi connectivity index (χ3v) is 5.35. The zero-order valence-corrected chi connectivity index (χ0v) is 21.8. The minimum absolute atomic E-state index is 0.181. The fraction of sp³-hybridized carbons (Fsp3) is 0.185. The molecule has 0 saturated carbocycles. The topological polar surface area (TPSA) is 118 Å². The van der Waals surface area contributed by atoms with Gasteiger partial charge in [0.15, 0.2) is 6.61 Å². The Balaban J connectivity index is 1.43. The average Bonchev–Trinajstić information content (AvgIpc) is 2.90. The molecule has 0 radical (unpaired) electrons. The lowest BCUT2D eigenvalue weighted by Gasteiger charge is -2.08. The number of carbonyl (C=O) groups is 3. The molecule has 3 amide bonds. The minimum atomic E-state index is -0.920. The summed E-state index contributed by atoms with van der Waals surface area (Å²) < 4.78 is 12.0. The first-order chi connectivity index (χ1) is 17.9. The summed E-state index contributed by atoms with van der Waals surface area (Å²) in [4.78, 5) is 36.3.